The number of hydrogen-bond acceptors (Lipinski definition) is 2. The molecule has 0 aliphatic carbocycles. The van der Waals surface area contributed by atoms with Crippen molar-refractivity contribution in [3.63, 3.8) is 0 Å². The van der Waals surface area contributed by atoms with Gasteiger partial charge in [0, 0.05) is 13.1 Å². The maximum absolute atomic E-state index is 10.5. The van der Waals surface area contributed by atoms with Gasteiger partial charge in [0.2, 0.25) is 6.41 Å². The molecular weight excluding hydrogens is 175 g/mol. The SMILES string of the molecule is [B]C([B])([B])OC1(C)CCN(C=O)CC1. The number of hydrogen-bond donors (Lipinski definition) is 0. The van der Waals surface area contributed by atoms with Crippen LogP contribution >= 0.6 is 0 Å². The maximum Gasteiger partial charge on any atom is 0.209 e. The van der Waals surface area contributed by atoms with E-state index in [-0.39, 0.29) is 0 Å². The molecule has 70 valence electrons. The summed E-state index contributed by atoms with van der Waals surface area (Å²) in [5.74, 6) is 0. The molecule has 6 heteroatoms. The molecule has 0 N–H and O–H groups in total. The van der Waals surface area contributed by atoms with Gasteiger partial charge in [-0.05, 0) is 25.1 Å². The lowest BCUT2D eigenvalue weighted by Crippen LogP contribution is -2.50. The minimum Gasteiger partial charge on any atom is -0.397 e. The van der Waals surface area contributed by atoms with Crippen LogP contribution in [0.15, 0.2) is 0 Å². The molecule has 1 fully saturated rings. The highest BCUT2D eigenvalue weighted by molar-refractivity contribution is 6.58. The predicted molar refractivity (Wildman–Crippen MR) is 56.4 cm³/mol. The summed E-state index contributed by atoms with van der Waals surface area (Å²) in [5, 5.41) is -1.60. The van der Waals surface area contributed by atoms with E-state index >= 15 is 0 Å². The predicted octanol–water partition coefficient (Wildman–Crippen LogP) is -0.869. The van der Waals surface area contributed by atoms with Crippen LogP contribution in [0.5, 0.6) is 0 Å². The van der Waals surface area contributed by atoms with Gasteiger partial charge < -0.3 is 9.64 Å². The Morgan fingerprint density at radius 2 is 1.86 bits per heavy atom. The summed E-state index contributed by atoms with van der Waals surface area (Å²) < 4.78 is 5.35. The third-order valence-electron chi connectivity index (χ3n) is 2.43. The van der Waals surface area contributed by atoms with Crippen molar-refractivity contribution in [2.24, 2.45) is 0 Å². The zero-order valence-electron chi connectivity index (χ0n) is 8.40. The Balaban J connectivity index is 2.49. The molecular formula is C8H12B3NO2. The Morgan fingerprint density at radius 1 is 1.36 bits per heavy atom. The highest BCUT2D eigenvalue weighted by Crippen LogP contribution is 2.27. The fourth-order valence-corrected chi connectivity index (χ4v) is 1.63. The Hall–Kier alpha value is -0.375. The number of carbonyl (C=O) groups excluding carboxylic acids is 1. The Bertz CT molecular complexity index is 209. The van der Waals surface area contributed by atoms with Gasteiger partial charge >= 0.3 is 0 Å². The number of likely N-dealkylation sites (tertiary alicyclic amines) is 1. The van der Waals surface area contributed by atoms with Crippen molar-refractivity contribution in [2.45, 2.75) is 30.7 Å². The summed E-state index contributed by atoms with van der Waals surface area (Å²) >= 11 is 0. The second-order valence-electron chi connectivity index (χ2n) is 4.05. The van der Waals surface area contributed by atoms with E-state index in [9.17, 15) is 4.79 Å². The van der Waals surface area contributed by atoms with E-state index in [0.717, 1.165) is 6.41 Å². The second-order valence-corrected chi connectivity index (χ2v) is 4.05. The number of piperidine rings is 1. The summed E-state index contributed by atoms with van der Waals surface area (Å²) in [6.45, 7) is 3.20. The molecule has 0 saturated carbocycles. The highest BCUT2D eigenvalue weighted by Gasteiger charge is 2.33. The third-order valence-corrected chi connectivity index (χ3v) is 2.43. The van der Waals surface area contributed by atoms with Crippen LogP contribution < -0.4 is 0 Å². The number of amides is 1. The topological polar surface area (TPSA) is 29.5 Å². The van der Waals surface area contributed by atoms with Crippen molar-refractivity contribution in [1.29, 1.82) is 0 Å². The van der Waals surface area contributed by atoms with E-state index in [2.05, 4.69) is 0 Å². The summed E-state index contributed by atoms with van der Waals surface area (Å²) in [5.41, 5.74) is -0.433. The summed E-state index contributed by atoms with van der Waals surface area (Å²) in [6, 6.07) is 0. The van der Waals surface area contributed by atoms with E-state index < -0.39 is 10.9 Å². The molecule has 14 heavy (non-hydrogen) atoms. The van der Waals surface area contributed by atoms with Crippen LogP contribution in [0.2, 0.25) is 0 Å². The maximum atomic E-state index is 10.5. The zero-order valence-corrected chi connectivity index (χ0v) is 8.40. The van der Waals surface area contributed by atoms with Gasteiger partial charge in [-0.1, -0.05) is 0 Å². The quantitative estimate of drug-likeness (QED) is 0.424. The van der Waals surface area contributed by atoms with Gasteiger partial charge in [-0.3, -0.25) is 4.79 Å². The van der Waals surface area contributed by atoms with Crippen molar-refractivity contribution in [3.05, 3.63) is 0 Å². The van der Waals surface area contributed by atoms with Crippen molar-refractivity contribution in [1.82, 2.24) is 4.90 Å². The van der Waals surface area contributed by atoms with Gasteiger partial charge in [-0.15, -0.1) is 0 Å². The van der Waals surface area contributed by atoms with Gasteiger partial charge in [0.1, 0.15) is 0 Å². The number of nitrogens with zero attached hydrogens (tertiary/aromatic N) is 1. The molecule has 1 heterocycles. The molecule has 6 radical (unpaired) electrons. The van der Waals surface area contributed by atoms with Crippen LogP contribution in [-0.2, 0) is 9.53 Å². The van der Waals surface area contributed by atoms with E-state index in [1.165, 1.54) is 0 Å². The Morgan fingerprint density at radius 3 is 2.21 bits per heavy atom. The Kier molecular flexibility index (Phi) is 3.35. The fourth-order valence-electron chi connectivity index (χ4n) is 1.63. The van der Waals surface area contributed by atoms with Crippen LogP contribution in [0.4, 0.5) is 0 Å². The lowest BCUT2D eigenvalue weighted by Gasteiger charge is -2.43. The lowest BCUT2D eigenvalue weighted by atomic mass is 9.52. The normalized spacial score (nSPS) is 21.9. The monoisotopic (exact) mass is 187 g/mol. The fraction of sp³-hybridized carbons (Fsp3) is 0.875. The summed E-state index contributed by atoms with van der Waals surface area (Å²) in [6.07, 6.45) is 2.22. The van der Waals surface area contributed by atoms with Crippen LogP contribution in [0.3, 0.4) is 0 Å². The smallest absolute Gasteiger partial charge is 0.209 e. The summed E-state index contributed by atoms with van der Waals surface area (Å²) in [4.78, 5) is 12.2. The van der Waals surface area contributed by atoms with Crippen molar-refractivity contribution < 1.29 is 9.53 Å². The van der Waals surface area contributed by atoms with Crippen molar-refractivity contribution in [3.8, 4) is 0 Å². The van der Waals surface area contributed by atoms with Crippen LogP contribution in [0.1, 0.15) is 19.8 Å². The first kappa shape index (κ1) is 11.7. The highest BCUT2D eigenvalue weighted by atomic mass is 16.5. The second kappa shape index (κ2) is 4.01. The first-order valence-corrected chi connectivity index (χ1v) is 4.61. The number of rotatable bonds is 3. The molecule has 1 saturated heterocycles. The van der Waals surface area contributed by atoms with Gasteiger partial charge in [-0.2, -0.15) is 0 Å². The third kappa shape index (κ3) is 3.41. The van der Waals surface area contributed by atoms with Gasteiger partial charge in [0.25, 0.3) is 0 Å². The summed E-state index contributed by atoms with van der Waals surface area (Å²) in [7, 11) is 16.1. The Labute approximate surface area is 88.8 Å². The van der Waals surface area contributed by atoms with Crippen LogP contribution in [0.25, 0.3) is 0 Å². The molecule has 0 atom stereocenters. The van der Waals surface area contributed by atoms with Crippen LogP contribution in [-0.4, -0.2) is 58.8 Å². The first-order valence-electron chi connectivity index (χ1n) is 4.61. The lowest BCUT2D eigenvalue weighted by molar-refractivity contribution is -0.125. The molecule has 1 rings (SSSR count). The molecule has 1 amide bonds. The molecule has 0 unspecified atom stereocenters. The molecule has 3 nitrogen and oxygen atoms in total. The number of ether oxygens (including phenoxy) is 1. The van der Waals surface area contributed by atoms with Crippen molar-refractivity contribution >= 4 is 29.9 Å². The number of carbonyl (C=O) groups is 1. The van der Waals surface area contributed by atoms with Gasteiger partial charge in [0.15, 0.2) is 0 Å². The largest absolute Gasteiger partial charge is 0.397 e. The molecule has 0 bridgehead atoms. The van der Waals surface area contributed by atoms with E-state index in [4.69, 9.17) is 28.3 Å². The van der Waals surface area contributed by atoms with Gasteiger partial charge in [0.05, 0.1) is 29.1 Å². The minimum absolute atomic E-state index is 0.433. The molecule has 0 aromatic carbocycles. The van der Waals surface area contributed by atoms with E-state index in [1.807, 2.05) is 6.92 Å². The zero-order chi connectivity index (χ0) is 10.8. The average Bonchev–Trinajstić information content (AvgIpc) is 2.01. The average molecular weight is 187 g/mol. The van der Waals surface area contributed by atoms with Gasteiger partial charge in [-0.25, -0.2) is 0 Å². The molecule has 0 spiro atoms. The van der Waals surface area contributed by atoms with E-state index in [0.29, 0.717) is 25.9 Å². The van der Waals surface area contributed by atoms with Crippen molar-refractivity contribution in [2.75, 3.05) is 13.1 Å². The van der Waals surface area contributed by atoms with E-state index in [1.54, 1.807) is 4.90 Å². The first-order chi connectivity index (χ1) is 6.35. The molecule has 1 aliphatic heterocycles. The standard InChI is InChI=1S/C8H12B3NO2/c1-7(14-8(9,10)11)2-4-12(6-13)5-3-7/h6H,2-5H2,1H3. The van der Waals surface area contributed by atoms with Crippen LogP contribution in [0, 0.1) is 0 Å². The molecule has 0 aromatic heterocycles. The molecule has 0 aromatic rings. The molecule has 1 aliphatic rings. The minimum atomic E-state index is -1.60.